The van der Waals surface area contributed by atoms with E-state index in [0.29, 0.717) is 6.42 Å². The number of amides is 1. The quantitative estimate of drug-likeness (QED) is 0.611. The van der Waals surface area contributed by atoms with Crippen LogP contribution in [0.5, 0.6) is 0 Å². The van der Waals surface area contributed by atoms with E-state index < -0.39 is 16.9 Å². The summed E-state index contributed by atoms with van der Waals surface area (Å²) in [6, 6.07) is 4.88. The van der Waals surface area contributed by atoms with Crippen molar-refractivity contribution in [2.75, 3.05) is 5.32 Å². The van der Waals surface area contributed by atoms with E-state index in [2.05, 4.69) is 5.32 Å². The molecule has 7 nitrogen and oxygen atoms in total. The molecular weight excluding hydrogens is 236 g/mol. The molecule has 0 radical (unpaired) electrons. The Bertz CT molecular complexity index is 522. The number of anilines is 1. The van der Waals surface area contributed by atoms with Gasteiger partial charge >= 0.3 is 0 Å². The van der Waals surface area contributed by atoms with E-state index in [9.17, 15) is 14.9 Å². The number of benzene rings is 1. The third-order valence-electron chi connectivity index (χ3n) is 2.36. The minimum Gasteiger partial charge on any atom is -0.320 e. The number of hydrogen-bond acceptors (Lipinski definition) is 5. The molecule has 0 saturated carbocycles. The maximum atomic E-state index is 11.5. The summed E-state index contributed by atoms with van der Waals surface area (Å²) in [6.07, 6.45) is 0.426. The van der Waals surface area contributed by atoms with Crippen molar-refractivity contribution in [1.29, 1.82) is 5.26 Å². The highest BCUT2D eigenvalue weighted by Gasteiger charge is 2.19. The molecular formula is C11H12N4O3. The summed E-state index contributed by atoms with van der Waals surface area (Å²) in [4.78, 5) is 21.7. The first-order chi connectivity index (χ1) is 8.49. The number of nitro groups is 1. The molecule has 0 heterocycles. The number of carbonyl (C=O) groups excluding carboxylic acids is 1. The van der Waals surface area contributed by atoms with Crippen molar-refractivity contribution in [3.63, 3.8) is 0 Å². The number of rotatable bonds is 4. The van der Waals surface area contributed by atoms with Crippen molar-refractivity contribution >= 4 is 17.3 Å². The minimum atomic E-state index is -0.722. The summed E-state index contributed by atoms with van der Waals surface area (Å²) in [5.74, 6) is -0.495. The van der Waals surface area contributed by atoms with Crippen LogP contribution >= 0.6 is 0 Å². The van der Waals surface area contributed by atoms with E-state index in [-0.39, 0.29) is 16.9 Å². The SMILES string of the molecule is CC[C@H](N)C(=O)Nc1ccc(C#N)cc1[N+](=O)[O-]. The molecule has 18 heavy (non-hydrogen) atoms. The molecule has 0 aliphatic heterocycles. The molecule has 0 aliphatic rings. The summed E-state index contributed by atoms with van der Waals surface area (Å²) >= 11 is 0. The standard InChI is InChI=1S/C11H12N4O3/c1-2-8(13)11(16)14-9-4-3-7(6-12)5-10(9)15(17)18/h3-5,8H,2,13H2,1H3,(H,14,16)/t8-/m0/s1. The molecule has 1 aromatic rings. The van der Waals surface area contributed by atoms with E-state index >= 15 is 0 Å². The zero-order valence-corrected chi connectivity index (χ0v) is 9.71. The van der Waals surface area contributed by atoms with E-state index in [1.54, 1.807) is 13.0 Å². The molecule has 0 spiro atoms. The molecule has 3 N–H and O–H groups in total. The summed E-state index contributed by atoms with van der Waals surface area (Å²) in [7, 11) is 0. The van der Waals surface area contributed by atoms with Gasteiger partial charge in [0.2, 0.25) is 5.91 Å². The van der Waals surface area contributed by atoms with E-state index in [1.807, 2.05) is 0 Å². The summed E-state index contributed by atoms with van der Waals surface area (Å²) in [5.41, 5.74) is 5.37. The molecule has 94 valence electrons. The minimum absolute atomic E-state index is 0.0351. The zero-order valence-electron chi connectivity index (χ0n) is 9.71. The lowest BCUT2D eigenvalue weighted by atomic mass is 10.1. The average Bonchev–Trinajstić information content (AvgIpc) is 2.37. The van der Waals surface area contributed by atoms with Crippen LogP contribution in [0.4, 0.5) is 11.4 Å². The molecule has 0 bridgehead atoms. The fourth-order valence-electron chi connectivity index (χ4n) is 1.27. The van der Waals surface area contributed by atoms with Gasteiger partial charge in [-0.15, -0.1) is 0 Å². The van der Waals surface area contributed by atoms with Gasteiger partial charge in [0.15, 0.2) is 0 Å². The van der Waals surface area contributed by atoms with E-state index in [4.69, 9.17) is 11.0 Å². The molecule has 1 rings (SSSR count). The van der Waals surface area contributed by atoms with Crippen molar-refractivity contribution in [1.82, 2.24) is 0 Å². The third-order valence-corrected chi connectivity index (χ3v) is 2.36. The molecule has 0 fully saturated rings. The second kappa shape index (κ2) is 5.75. The van der Waals surface area contributed by atoms with Crippen molar-refractivity contribution in [2.45, 2.75) is 19.4 Å². The normalized spacial score (nSPS) is 11.4. The van der Waals surface area contributed by atoms with Crippen LogP contribution in [0.1, 0.15) is 18.9 Å². The van der Waals surface area contributed by atoms with Crippen molar-refractivity contribution in [3.05, 3.63) is 33.9 Å². The number of carbonyl (C=O) groups is 1. The highest BCUT2D eigenvalue weighted by molar-refractivity contribution is 5.96. The number of nitrogens with one attached hydrogen (secondary N) is 1. The first kappa shape index (κ1) is 13.6. The fourth-order valence-corrected chi connectivity index (χ4v) is 1.27. The van der Waals surface area contributed by atoms with Crippen LogP contribution in [0.2, 0.25) is 0 Å². The molecule has 1 aromatic carbocycles. The Labute approximate surface area is 103 Å². The predicted octanol–water partition coefficient (Wildman–Crippen LogP) is 1.14. The summed E-state index contributed by atoms with van der Waals surface area (Å²) < 4.78 is 0. The monoisotopic (exact) mass is 248 g/mol. The van der Waals surface area contributed by atoms with Crippen molar-refractivity contribution in [3.8, 4) is 6.07 Å². The van der Waals surface area contributed by atoms with Gasteiger partial charge in [0, 0.05) is 6.07 Å². The molecule has 1 amide bonds. The van der Waals surface area contributed by atoms with E-state index in [0.717, 1.165) is 6.07 Å². The zero-order chi connectivity index (χ0) is 13.7. The molecule has 0 unspecified atom stereocenters. The second-order valence-electron chi connectivity index (χ2n) is 3.60. The van der Waals surface area contributed by atoms with Gasteiger partial charge in [-0.05, 0) is 18.6 Å². The number of nitrogens with zero attached hydrogens (tertiary/aromatic N) is 2. The Morgan fingerprint density at radius 2 is 2.33 bits per heavy atom. The van der Waals surface area contributed by atoms with Crippen LogP contribution in [0.25, 0.3) is 0 Å². The van der Waals surface area contributed by atoms with Gasteiger partial charge < -0.3 is 11.1 Å². The first-order valence-corrected chi connectivity index (χ1v) is 5.24. The van der Waals surface area contributed by atoms with Crippen LogP contribution < -0.4 is 11.1 Å². The number of nitro benzene ring substituents is 1. The largest absolute Gasteiger partial charge is 0.320 e. The Balaban J connectivity index is 3.06. The number of nitriles is 1. The maximum Gasteiger partial charge on any atom is 0.294 e. The predicted molar refractivity (Wildman–Crippen MR) is 64.7 cm³/mol. The van der Waals surface area contributed by atoms with Gasteiger partial charge in [0.05, 0.1) is 22.6 Å². The Kier molecular flexibility index (Phi) is 4.34. The van der Waals surface area contributed by atoms with Gasteiger partial charge in [-0.2, -0.15) is 5.26 Å². The van der Waals surface area contributed by atoms with Gasteiger partial charge in [-0.25, -0.2) is 0 Å². The molecule has 1 atom stereocenters. The molecule has 0 saturated heterocycles. The Morgan fingerprint density at radius 3 is 2.83 bits per heavy atom. The number of nitrogens with two attached hydrogens (primary N) is 1. The lowest BCUT2D eigenvalue weighted by Crippen LogP contribution is -2.34. The van der Waals surface area contributed by atoms with Crippen molar-refractivity contribution in [2.24, 2.45) is 5.73 Å². The summed E-state index contributed by atoms with van der Waals surface area (Å²) in [5, 5.41) is 21.9. The van der Waals surface area contributed by atoms with Crippen LogP contribution in [0.15, 0.2) is 18.2 Å². The molecule has 7 heteroatoms. The topological polar surface area (TPSA) is 122 Å². The van der Waals surface area contributed by atoms with Crippen LogP contribution in [-0.4, -0.2) is 16.9 Å². The average molecular weight is 248 g/mol. The first-order valence-electron chi connectivity index (χ1n) is 5.24. The lowest BCUT2D eigenvalue weighted by Gasteiger charge is -2.10. The maximum absolute atomic E-state index is 11.5. The Morgan fingerprint density at radius 1 is 1.67 bits per heavy atom. The third kappa shape index (κ3) is 3.02. The van der Waals surface area contributed by atoms with Crippen LogP contribution in [0.3, 0.4) is 0 Å². The van der Waals surface area contributed by atoms with Gasteiger partial charge in [0.1, 0.15) is 5.69 Å². The highest BCUT2D eigenvalue weighted by Crippen LogP contribution is 2.25. The molecule has 0 aliphatic carbocycles. The van der Waals surface area contributed by atoms with Crippen LogP contribution in [-0.2, 0) is 4.79 Å². The van der Waals surface area contributed by atoms with E-state index in [1.165, 1.54) is 12.1 Å². The van der Waals surface area contributed by atoms with Gasteiger partial charge in [0.25, 0.3) is 5.69 Å². The number of hydrogen-bond donors (Lipinski definition) is 2. The highest BCUT2D eigenvalue weighted by atomic mass is 16.6. The fraction of sp³-hybridized carbons (Fsp3) is 0.273. The second-order valence-corrected chi connectivity index (χ2v) is 3.60. The van der Waals surface area contributed by atoms with Gasteiger partial charge in [-0.3, -0.25) is 14.9 Å². The summed E-state index contributed by atoms with van der Waals surface area (Å²) in [6.45, 7) is 1.73. The Hall–Kier alpha value is -2.46. The van der Waals surface area contributed by atoms with Crippen molar-refractivity contribution < 1.29 is 9.72 Å². The molecule has 0 aromatic heterocycles. The lowest BCUT2D eigenvalue weighted by molar-refractivity contribution is -0.383. The smallest absolute Gasteiger partial charge is 0.294 e. The van der Waals surface area contributed by atoms with Gasteiger partial charge in [-0.1, -0.05) is 6.92 Å². The van der Waals surface area contributed by atoms with Crippen LogP contribution in [0, 0.1) is 21.4 Å².